The minimum Gasteiger partial charge on any atom is -0.489 e. The fourth-order valence-corrected chi connectivity index (χ4v) is 1.81. The van der Waals surface area contributed by atoms with Gasteiger partial charge in [-0.25, -0.2) is 4.39 Å². The first kappa shape index (κ1) is 23.9. The lowest BCUT2D eigenvalue weighted by molar-refractivity contribution is 0.204. The highest BCUT2D eigenvalue weighted by Crippen LogP contribution is 2.13. The van der Waals surface area contributed by atoms with E-state index in [4.69, 9.17) is 4.74 Å². The van der Waals surface area contributed by atoms with Crippen LogP contribution in [0.1, 0.15) is 27.7 Å². The van der Waals surface area contributed by atoms with Crippen molar-refractivity contribution in [3.05, 3.63) is 30.1 Å². The second kappa shape index (κ2) is 11.5. The van der Waals surface area contributed by atoms with Gasteiger partial charge in [-0.1, -0.05) is 6.07 Å². The zero-order chi connectivity index (χ0) is 18.2. The van der Waals surface area contributed by atoms with E-state index in [1.165, 1.54) is 12.1 Å². The van der Waals surface area contributed by atoms with E-state index in [1.54, 1.807) is 12.1 Å². The highest BCUT2D eigenvalue weighted by Gasteiger charge is 2.20. The number of hydrogen-bond acceptors (Lipinski definition) is 3. The molecule has 25 heavy (non-hydrogen) atoms. The molecule has 0 spiro atoms. The summed E-state index contributed by atoms with van der Waals surface area (Å²) in [5, 5.41) is 6.50. The third-order valence-electron chi connectivity index (χ3n) is 3.87. The molecule has 0 bridgehead atoms. The van der Waals surface area contributed by atoms with Crippen LogP contribution in [0.3, 0.4) is 0 Å². The standard InChI is InChI=1S/C18H31FN4O.HI/c1-7-20-17(22-13-18(3,4)23(5)6)21-12-14(2)24-16-10-8-9-15(19)11-16;/h8-11,14H,7,12-13H2,1-6H3,(H2,20,21,22);1H. The summed E-state index contributed by atoms with van der Waals surface area (Å²) in [4.78, 5) is 6.79. The molecule has 0 aliphatic rings. The average molecular weight is 466 g/mol. The van der Waals surface area contributed by atoms with Gasteiger partial charge in [0.2, 0.25) is 0 Å². The Balaban J connectivity index is 0.00000576. The molecule has 0 aliphatic heterocycles. The zero-order valence-electron chi connectivity index (χ0n) is 16.1. The molecule has 0 amide bonds. The summed E-state index contributed by atoms with van der Waals surface area (Å²) in [6.45, 7) is 10.3. The van der Waals surface area contributed by atoms with Gasteiger partial charge >= 0.3 is 0 Å². The number of halogens is 2. The van der Waals surface area contributed by atoms with E-state index in [0.29, 0.717) is 18.8 Å². The molecule has 0 aromatic heterocycles. The van der Waals surface area contributed by atoms with Crippen LogP contribution < -0.4 is 15.4 Å². The molecule has 2 N–H and O–H groups in total. The van der Waals surface area contributed by atoms with Crippen LogP contribution in [0.25, 0.3) is 0 Å². The van der Waals surface area contributed by atoms with Gasteiger partial charge < -0.3 is 20.3 Å². The minimum atomic E-state index is -0.298. The Hall–Kier alpha value is -1.09. The number of aliphatic imine (C=N–C) groups is 1. The molecule has 1 unspecified atom stereocenters. The smallest absolute Gasteiger partial charge is 0.191 e. The number of nitrogens with one attached hydrogen (secondary N) is 2. The summed E-state index contributed by atoms with van der Waals surface area (Å²) < 4.78 is 18.9. The molecule has 5 nitrogen and oxygen atoms in total. The van der Waals surface area contributed by atoms with Crippen molar-refractivity contribution in [3.8, 4) is 5.75 Å². The monoisotopic (exact) mass is 466 g/mol. The Morgan fingerprint density at radius 2 is 2.00 bits per heavy atom. The lowest BCUT2D eigenvalue weighted by Gasteiger charge is -2.31. The third-order valence-corrected chi connectivity index (χ3v) is 3.87. The Morgan fingerprint density at radius 1 is 1.32 bits per heavy atom. The summed E-state index contributed by atoms with van der Waals surface area (Å²) in [5.74, 6) is 0.982. The van der Waals surface area contributed by atoms with Crippen molar-refractivity contribution in [1.82, 2.24) is 15.5 Å². The van der Waals surface area contributed by atoms with Crippen LogP contribution in [0.4, 0.5) is 4.39 Å². The van der Waals surface area contributed by atoms with Crippen molar-refractivity contribution in [2.24, 2.45) is 4.99 Å². The number of hydrogen-bond donors (Lipinski definition) is 2. The van der Waals surface area contributed by atoms with E-state index < -0.39 is 0 Å². The van der Waals surface area contributed by atoms with Crippen LogP contribution in [-0.2, 0) is 0 Å². The molecule has 1 aromatic rings. The first-order valence-electron chi connectivity index (χ1n) is 8.36. The number of ether oxygens (including phenoxy) is 1. The van der Waals surface area contributed by atoms with Gasteiger partial charge in [0.15, 0.2) is 5.96 Å². The average Bonchev–Trinajstić information content (AvgIpc) is 2.50. The van der Waals surface area contributed by atoms with Gasteiger partial charge in [0, 0.05) is 18.2 Å². The molecular formula is C18H32FIN4O. The van der Waals surface area contributed by atoms with E-state index in [0.717, 1.165) is 12.5 Å². The van der Waals surface area contributed by atoms with Crippen LogP contribution in [0.15, 0.2) is 29.3 Å². The first-order valence-corrected chi connectivity index (χ1v) is 8.36. The van der Waals surface area contributed by atoms with Crippen molar-refractivity contribution in [2.45, 2.75) is 39.3 Å². The Bertz CT molecular complexity index is 538. The Kier molecular flexibility index (Phi) is 11.0. The molecule has 0 radical (unpaired) electrons. The number of benzene rings is 1. The van der Waals surface area contributed by atoms with E-state index in [2.05, 4.69) is 34.4 Å². The molecule has 0 saturated heterocycles. The van der Waals surface area contributed by atoms with Crippen molar-refractivity contribution in [2.75, 3.05) is 33.7 Å². The van der Waals surface area contributed by atoms with Gasteiger partial charge in [-0.15, -0.1) is 24.0 Å². The van der Waals surface area contributed by atoms with Crippen molar-refractivity contribution < 1.29 is 9.13 Å². The summed E-state index contributed by atoms with van der Waals surface area (Å²) in [7, 11) is 4.09. The normalized spacial score (nSPS) is 13.2. The molecule has 0 heterocycles. The van der Waals surface area contributed by atoms with E-state index >= 15 is 0 Å². The molecule has 0 fully saturated rings. The number of likely N-dealkylation sites (N-methyl/N-ethyl adjacent to an activating group) is 1. The molecule has 0 aliphatic carbocycles. The van der Waals surface area contributed by atoms with E-state index in [-0.39, 0.29) is 41.4 Å². The van der Waals surface area contributed by atoms with Crippen molar-refractivity contribution in [1.29, 1.82) is 0 Å². The maximum atomic E-state index is 13.2. The predicted octanol–water partition coefficient (Wildman–Crippen LogP) is 3.11. The largest absolute Gasteiger partial charge is 0.489 e. The fraction of sp³-hybridized carbons (Fsp3) is 0.611. The highest BCUT2D eigenvalue weighted by atomic mass is 127. The number of nitrogens with zero attached hydrogens (tertiary/aromatic N) is 2. The van der Waals surface area contributed by atoms with Crippen molar-refractivity contribution >= 4 is 29.9 Å². The van der Waals surface area contributed by atoms with E-state index in [1.807, 2.05) is 27.9 Å². The fourth-order valence-electron chi connectivity index (χ4n) is 1.81. The quantitative estimate of drug-likeness (QED) is 0.351. The zero-order valence-corrected chi connectivity index (χ0v) is 18.4. The molecule has 144 valence electrons. The lowest BCUT2D eigenvalue weighted by atomic mass is 10.1. The topological polar surface area (TPSA) is 48.9 Å². The number of rotatable bonds is 8. The molecule has 0 saturated carbocycles. The molecular weight excluding hydrogens is 434 g/mol. The molecule has 1 rings (SSSR count). The van der Waals surface area contributed by atoms with Crippen LogP contribution in [-0.4, -0.2) is 56.2 Å². The maximum absolute atomic E-state index is 13.2. The maximum Gasteiger partial charge on any atom is 0.191 e. The van der Waals surface area contributed by atoms with Crippen LogP contribution in [0, 0.1) is 5.82 Å². The Labute approximate surface area is 168 Å². The van der Waals surface area contributed by atoms with Gasteiger partial charge in [-0.3, -0.25) is 4.99 Å². The van der Waals surface area contributed by atoms with E-state index in [9.17, 15) is 4.39 Å². The minimum absolute atomic E-state index is 0. The van der Waals surface area contributed by atoms with Crippen molar-refractivity contribution in [3.63, 3.8) is 0 Å². The van der Waals surface area contributed by atoms with Gasteiger partial charge in [0.1, 0.15) is 17.7 Å². The second-order valence-electron chi connectivity index (χ2n) is 6.67. The summed E-state index contributed by atoms with van der Waals surface area (Å²) in [6.07, 6.45) is -0.113. The SMILES string of the molecule is CCNC(=NCC(C)(C)N(C)C)NCC(C)Oc1cccc(F)c1.I. The summed E-state index contributed by atoms with van der Waals surface area (Å²) in [6, 6.07) is 6.17. The third kappa shape index (κ3) is 9.25. The first-order chi connectivity index (χ1) is 11.2. The van der Waals surface area contributed by atoms with Gasteiger partial charge in [0.25, 0.3) is 0 Å². The van der Waals surface area contributed by atoms with Crippen LogP contribution in [0.5, 0.6) is 5.75 Å². The Morgan fingerprint density at radius 3 is 2.56 bits per heavy atom. The number of guanidine groups is 1. The lowest BCUT2D eigenvalue weighted by Crippen LogP contribution is -2.45. The predicted molar refractivity (Wildman–Crippen MR) is 114 cm³/mol. The molecule has 7 heteroatoms. The second-order valence-corrected chi connectivity index (χ2v) is 6.67. The van der Waals surface area contributed by atoms with Gasteiger partial charge in [0.05, 0.1) is 13.1 Å². The molecule has 1 aromatic carbocycles. The van der Waals surface area contributed by atoms with Crippen LogP contribution >= 0.6 is 24.0 Å². The highest BCUT2D eigenvalue weighted by molar-refractivity contribution is 14.0. The summed E-state index contributed by atoms with van der Waals surface area (Å²) >= 11 is 0. The van der Waals surface area contributed by atoms with Gasteiger partial charge in [-0.05, 0) is 53.9 Å². The molecule has 1 atom stereocenters. The van der Waals surface area contributed by atoms with Gasteiger partial charge in [-0.2, -0.15) is 0 Å². The summed E-state index contributed by atoms with van der Waals surface area (Å²) in [5.41, 5.74) is -0.0218. The van der Waals surface area contributed by atoms with Crippen LogP contribution in [0.2, 0.25) is 0 Å².